The highest BCUT2D eigenvalue weighted by atomic mass is 127. The Hall–Kier alpha value is -1.75. The van der Waals surface area contributed by atoms with Crippen molar-refractivity contribution in [1.82, 2.24) is 15.1 Å². The van der Waals surface area contributed by atoms with E-state index in [-0.39, 0.29) is 41.4 Å². The summed E-state index contributed by atoms with van der Waals surface area (Å²) in [5.41, 5.74) is 1.07. The molecule has 2 fully saturated rings. The van der Waals surface area contributed by atoms with Crippen molar-refractivity contribution < 1.29 is 19.0 Å². The maximum atomic E-state index is 12.6. The molecule has 1 aromatic carbocycles. The number of nitrogens with one attached hydrogen (secondary N) is 1. The van der Waals surface area contributed by atoms with Gasteiger partial charge in [0.2, 0.25) is 0 Å². The number of guanidine groups is 1. The van der Waals surface area contributed by atoms with Gasteiger partial charge in [-0.1, -0.05) is 19.9 Å². The number of hydrogen-bond acceptors (Lipinski definition) is 5. The molecule has 8 nitrogen and oxygen atoms in total. The molecule has 9 heteroatoms. The zero-order valence-corrected chi connectivity index (χ0v) is 21.6. The Morgan fingerprint density at radius 3 is 2.44 bits per heavy atom. The Kier molecular flexibility index (Phi) is 8.49. The highest BCUT2D eigenvalue weighted by molar-refractivity contribution is 14.0. The molecule has 32 heavy (non-hydrogen) atoms. The van der Waals surface area contributed by atoms with Gasteiger partial charge in [-0.25, -0.2) is 0 Å². The van der Waals surface area contributed by atoms with Crippen molar-refractivity contribution in [2.24, 2.45) is 4.99 Å². The van der Waals surface area contributed by atoms with Gasteiger partial charge < -0.3 is 29.3 Å². The largest absolute Gasteiger partial charge is 0.486 e. The van der Waals surface area contributed by atoms with Crippen LogP contribution in [0.4, 0.5) is 0 Å². The van der Waals surface area contributed by atoms with Crippen LogP contribution in [0.15, 0.2) is 23.2 Å². The lowest BCUT2D eigenvalue weighted by molar-refractivity contribution is -0.142. The predicted molar refractivity (Wildman–Crippen MR) is 134 cm³/mol. The first-order valence-corrected chi connectivity index (χ1v) is 11.2. The molecule has 0 bridgehead atoms. The van der Waals surface area contributed by atoms with E-state index in [9.17, 15) is 4.79 Å². The van der Waals surface area contributed by atoms with E-state index < -0.39 is 0 Å². The van der Waals surface area contributed by atoms with E-state index in [1.54, 1.807) is 0 Å². The fraction of sp³-hybridized carbons (Fsp3) is 0.652. The number of benzene rings is 1. The summed E-state index contributed by atoms with van der Waals surface area (Å²) in [5, 5.41) is 3.53. The first kappa shape index (κ1) is 24.9. The quantitative estimate of drug-likeness (QED) is 0.347. The number of nitrogens with zero attached hydrogens (tertiary/aromatic N) is 3. The van der Waals surface area contributed by atoms with Crippen LogP contribution in [-0.4, -0.2) is 87.4 Å². The lowest BCUT2D eigenvalue weighted by Gasteiger charge is -2.38. The summed E-state index contributed by atoms with van der Waals surface area (Å²) in [6.07, 6.45) is 1.58. The summed E-state index contributed by atoms with van der Waals surface area (Å²) in [6, 6.07) is 6.17. The summed E-state index contributed by atoms with van der Waals surface area (Å²) in [6.45, 7) is 9.96. The second-order valence-electron chi connectivity index (χ2n) is 8.96. The van der Waals surface area contributed by atoms with Gasteiger partial charge in [-0.3, -0.25) is 9.79 Å². The molecule has 1 aromatic rings. The van der Waals surface area contributed by atoms with Crippen molar-refractivity contribution in [3.05, 3.63) is 23.8 Å². The summed E-state index contributed by atoms with van der Waals surface area (Å²) in [5.74, 6) is 2.63. The molecule has 0 aromatic heterocycles. The number of piperazine rings is 1. The van der Waals surface area contributed by atoms with Crippen LogP contribution in [0, 0.1) is 0 Å². The van der Waals surface area contributed by atoms with E-state index in [0.29, 0.717) is 32.9 Å². The molecule has 3 aliphatic heterocycles. The van der Waals surface area contributed by atoms with Crippen molar-refractivity contribution in [3.8, 4) is 11.5 Å². The molecule has 1 N–H and O–H groups in total. The molecule has 4 rings (SSSR count). The second-order valence-corrected chi connectivity index (χ2v) is 8.96. The molecule has 1 amide bonds. The normalized spacial score (nSPS) is 21.2. The van der Waals surface area contributed by atoms with Gasteiger partial charge in [-0.2, -0.15) is 0 Å². The van der Waals surface area contributed by atoms with E-state index in [1.165, 1.54) is 5.56 Å². The van der Waals surface area contributed by atoms with E-state index in [2.05, 4.69) is 41.2 Å². The van der Waals surface area contributed by atoms with Crippen LogP contribution in [-0.2, 0) is 14.9 Å². The van der Waals surface area contributed by atoms with Crippen LogP contribution in [0.2, 0.25) is 0 Å². The smallest absolute Gasteiger partial charge is 0.251 e. The number of carbonyl (C=O) groups excluding carboxylic acids is 1. The Morgan fingerprint density at radius 1 is 1.09 bits per heavy atom. The van der Waals surface area contributed by atoms with E-state index >= 15 is 0 Å². The molecule has 178 valence electrons. The first-order chi connectivity index (χ1) is 15.0. The fourth-order valence-corrected chi connectivity index (χ4v) is 4.31. The van der Waals surface area contributed by atoms with Crippen molar-refractivity contribution in [3.63, 3.8) is 0 Å². The van der Waals surface area contributed by atoms with Crippen molar-refractivity contribution >= 4 is 35.8 Å². The van der Waals surface area contributed by atoms with Gasteiger partial charge in [0, 0.05) is 51.8 Å². The van der Waals surface area contributed by atoms with Gasteiger partial charge >= 0.3 is 0 Å². The van der Waals surface area contributed by atoms with Crippen molar-refractivity contribution in [2.75, 3.05) is 59.6 Å². The average molecular weight is 558 g/mol. The molecule has 1 atom stereocenters. The highest BCUT2D eigenvalue weighted by Crippen LogP contribution is 2.35. The Balaban J connectivity index is 0.00000289. The van der Waals surface area contributed by atoms with Crippen LogP contribution in [0.1, 0.15) is 32.3 Å². The minimum absolute atomic E-state index is 0. The zero-order chi connectivity index (χ0) is 21.8. The number of carbonyl (C=O) groups is 1. The molecular weight excluding hydrogens is 523 g/mol. The van der Waals surface area contributed by atoms with Gasteiger partial charge in [0.1, 0.15) is 19.3 Å². The monoisotopic (exact) mass is 558 g/mol. The van der Waals surface area contributed by atoms with Gasteiger partial charge in [-0.15, -0.1) is 24.0 Å². The maximum Gasteiger partial charge on any atom is 0.251 e. The minimum Gasteiger partial charge on any atom is -0.486 e. The van der Waals surface area contributed by atoms with Crippen LogP contribution in [0.5, 0.6) is 11.5 Å². The Bertz CT molecular complexity index is 818. The number of rotatable bonds is 4. The van der Waals surface area contributed by atoms with Crippen molar-refractivity contribution in [2.45, 2.75) is 38.2 Å². The lowest BCUT2D eigenvalue weighted by Crippen LogP contribution is -2.56. The summed E-state index contributed by atoms with van der Waals surface area (Å²) < 4.78 is 16.9. The van der Waals surface area contributed by atoms with E-state index in [1.807, 2.05) is 18.0 Å². The third-order valence-electron chi connectivity index (χ3n) is 6.32. The average Bonchev–Trinajstić information content (AvgIpc) is 3.34. The number of hydrogen-bond donors (Lipinski definition) is 1. The number of halogens is 1. The van der Waals surface area contributed by atoms with Gasteiger partial charge in [0.15, 0.2) is 17.5 Å². The topological polar surface area (TPSA) is 75.6 Å². The molecule has 0 spiro atoms. The third-order valence-corrected chi connectivity index (χ3v) is 6.32. The van der Waals surface area contributed by atoms with Crippen LogP contribution in [0.3, 0.4) is 0 Å². The summed E-state index contributed by atoms with van der Waals surface area (Å²) in [4.78, 5) is 21.2. The van der Waals surface area contributed by atoms with Gasteiger partial charge in [0.25, 0.3) is 5.91 Å². The molecule has 0 aliphatic carbocycles. The standard InChI is InChI=1S/C23H34N4O4.HI/c1-23(2,17-6-7-18-20(15-17)31-14-13-30-18)16-25-22(24-3)27-10-8-26(9-11-27)21(28)19-5-4-12-29-19;/h6-7,15,19H,4-5,8-14,16H2,1-3H3,(H,24,25);1H. The third kappa shape index (κ3) is 5.59. The molecule has 1 unspecified atom stereocenters. The molecular formula is C23H35IN4O4. The second kappa shape index (κ2) is 10.9. The van der Waals surface area contributed by atoms with Crippen LogP contribution < -0.4 is 14.8 Å². The first-order valence-electron chi connectivity index (χ1n) is 11.2. The van der Waals surface area contributed by atoms with Crippen molar-refractivity contribution in [1.29, 1.82) is 0 Å². The molecule has 2 saturated heterocycles. The summed E-state index contributed by atoms with van der Waals surface area (Å²) >= 11 is 0. The molecule has 0 saturated carbocycles. The Morgan fingerprint density at radius 2 is 1.78 bits per heavy atom. The number of fused-ring (bicyclic) bond motifs is 1. The Labute approximate surface area is 207 Å². The maximum absolute atomic E-state index is 12.6. The fourth-order valence-electron chi connectivity index (χ4n) is 4.31. The molecule has 3 heterocycles. The lowest BCUT2D eigenvalue weighted by atomic mass is 9.84. The van der Waals surface area contributed by atoms with E-state index in [4.69, 9.17) is 14.2 Å². The molecule has 0 radical (unpaired) electrons. The van der Waals surface area contributed by atoms with E-state index in [0.717, 1.165) is 49.9 Å². The number of aliphatic imine (C=N–C) groups is 1. The summed E-state index contributed by atoms with van der Waals surface area (Å²) in [7, 11) is 1.81. The SMILES string of the molecule is CN=C(NCC(C)(C)c1ccc2c(c1)OCCO2)N1CCN(C(=O)C2CCCO2)CC1.I. The minimum atomic E-state index is -0.240. The van der Waals surface area contributed by atoms with Crippen LogP contribution in [0.25, 0.3) is 0 Å². The van der Waals surface area contributed by atoms with Crippen LogP contribution >= 0.6 is 24.0 Å². The highest BCUT2D eigenvalue weighted by Gasteiger charge is 2.31. The number of ether oxygens (including phenoxy) is 3. The van der Waals surface area contributed by atoms with Gasteiger partial charge in [-0.05, 0) is 30.5 Å². The zero-order valence-electron chi connectivity index (χ0n) is 19.3. The number of amides is 1. The molecule has 3 aliphatic rings. The predicted octanol–water partition coefficient (Wildman–Crippen LogP) is 2.25. The van der Waals surface area contributed by atoms with Gasteiger partial charge in [0.05, 0.1) is 0 Å².